The van der Waals surface area contributed by atoms with Crippen molar-refractivity contribution in [2.45, 2.75) is 307 Å². The zero-order chi connectivity index (χ0) is 70.2. The molecule has 0 bridgehead atoms. The van der Waals surface area contributed by atoms with Crippen LogP contribution in [0.5, 0.6) is 0 Å². The van der Waals surface area contributed by atoms with Gasteiger partial charge in [-0.25, -0.2) is 19.2 Å². The third-order valence-corrected chi connectivity index (χ3v) is 24.7. The number of rotatable bonds is 15. The zero-order valence-electron chi connectivity index (χ0n) is 60.6. The molecule has 530 valence electrons. The number of aliphatic hydroxyl groups excluding tert-OH is 4. The number of carbonyl (C=O) groups is 4. The number of esters is 2. The van der Waals surface area contributed by atoms with Gasteiger partial charge in [0.25, 0.3) is 0 Å². The molecule has 4 saturated carbocycles. The summed E-state index contributed by atoms with van der Waals surface area (Å²) >= 11 is 0. The van der Waals surface area contributed by atoms with Gasteiger partial charge in [-0.15, -0.1) is 0 Å². The van der Waals surface area contributed by atoms with Gasteiger partial charge in [-0.3, -0.25) is 0 Å². The van der Waals surface area contributed by atoms with Crippen molar-refractivity contribution >= 4 is 24.1 Å². The minimum absolute atomic E-state index is 0.0218. The van der Waals surface area contributed by atoms with E-state index < -0.39 is 124 Å². The van der Waals surface area contributed by atoms with Gasteiger partial charge in [0.2, 0.25) is 0 Å². The highest BCUT2D eigenvalue weighted by molar-refractivity contribution is 5.78. The van der Waals surface area contributed by atoms with Crippen LogP contribution in [0.4, 0.5) is 9.59 Å². The molecule has 3 aliphatic heterocycles. The van der Waals surface area contributed by atoms with Crippen molar-refractivity contribution in [1.29, 1.82) is 0 Å². The molecule has 20 nitrogen and oxygen atoms in total. The van der Waals surface area contributed by atoms with Crippen LogP contribution < -0.4 is 10.6 Å². The lowest BCUT2D eigenvalue weighted by Crippen LogP contribution is -2.73. The quantitative estimate of drug-likeness (QED) is 0.0430. The highest BCUT2D eigenvalue weighted by Crippen LogP contribution is 2.74. The average Bonchev–Trinajstić information content (AvgIpc) is 1.59. The number of alkyl carbamates (subject to hydrolysis) is 2. The summed E-state index contributed by atoms with van der Waals surface area (Å²) in [6.45, 7) is 51.7. The maximum absolute atomic E-state index is 13.8. The van der Waals surface area contributed by atoms with Crippen LogP contribution in [0.3, 0.4) is 0 Å². The predicted molar refractivity (Wildman–Crippen MR) is 350 cm³/mol. The van der Waals surface area contributed by atoms with Crippen molar-refractivity contribution in [1.82, 2.24) is 10.6 Å². The Morgan fingerprint density at radius 2 is 1.00 bits per heavy atom. The van der Waals surface area contributed by atoms with Crippen LogP contribution in [-0.4, -0.2) is 170 Å². The van der Waals surface area contributed by atoms with E-state index >= 15 is 0 Å². The van der Waals surface area contributed by atoms with E-state index in [2.05, 4.69) is 58.8 Å². The van der Waals surface area contributed by atoms with E-state index in [0.29, 0.717) is 38.9 Å². The van der Waals surface area contributed by atoms with Crippen molar-refractivity contribution in [2.75, 3.05) is 13.2 Å². The first-order chi connectivity index (χ1) is 42.5. The lowest BCUT2D eigenvalue weighted by molar-refractivity contribution is -0.370. The Morgan fingerprint density at radius 3 is 1.35 bits per heavy atom. The number of carbonyl (C=O) groups excluding carboxylic acids is 4. The van der Waals surface area contributed by atoms with Crippen LogP contribution >= 0.6 is 0 Å². The summed E-state index contributed by atoms with van der Waals surface area (Å²) < 4.78 is 48.6. The van der Waals surface area contributed by atoms with E-state index in [4.69, 9.17) is 37.9 Å². The third-order valence-electron chi connectivity index (χ3n) is 24.7. The molecule has 93 heavy (non-hydrogen) atoms. The maximum atomic E-state index is 13.8. The van der Waals surface area contributed by atoms with Crippen LogP contribution in [0.1, 0.15) is 205 Å². The van der Waals surface area contributed by atoms with Gasteiger partial charge in [0.1, 0.15) is 23.4 Å². The van der Waals surface area contributed by atoms with Gasteiger partial charge in [0, 0.05) is 70.0 Å². The summed E-state index contributed by atoms with van der Waals surface area (Å²) in [5, 5.41) is 76.1. The second-order valence-electron chi connectivity index (χ2n) is 34.8. The van der Waals surface area contributed by atoms with Gasteiger partial charge in [-0.2, -0.15) is 0 Å². The number of hydrogen-bond acceptors (Lipinski definition) is 18. The predicted octanol–water partition coefficient (Wildman–Crippen LogP) is 9.80. The van der Waals surface area contributed by atoms with Crippen molar-refractivity contribution < 1.29 is 87.7 Å². The molecule has 3 heterocycles. The topological polar surface area (TPSA) is 288 Å². The number of amides is 2. The SMILES string of the molecule is C=CC1O[C@H]2C[C@H]3OC[C@@]3(C)[C@H]3[C@H](C)[C@]4(C(C)(C)O)CC(OC(=O)C(O)[C@H](CC(C)C)NC(=O)OC(C)(C)C)C(C)=C4[C@H](C)[C@H](O1)[C@]23C.CC1=C2[C@H](C)[C@H](O)[C@@]3(C)[C@H]([C@H](C)[C@]2(C(C)(C)O)C[C@@H]1OC(=O)C(O)[C@H](CC(C)C)NC(=O)OC(C)(C)C)[C@]1(C)CO[C@@H]1C[C@@H]3O. The maximum Gasteiger partial charge on any atom is 0.407 e. The van der Waals surface area contributed by atoms with E-state index in [1.54, 1.807) is 61.5 Å². The monoisotopic (exact) mass is 1310 g/mol. The molecule has 0 aromatic heterocycles. The second-order valence-corrected chi connectivity index (χ2v) is 34.8. The molecule has 0 spiro atoms. The fourth-order valence-corrected chi connectivity index (χ4v) is 21.1. The molecule has 9 rings (SSSR count). The summed E-state index contributed by atoms with van der Waals surface area (Å²) in [6, 6.07) is -1.84. The first-order valence-corrected chi connectivity index (χ1v) is 34.6. The van der Waals surface area contributed by atoms with Crippen LogP contribution in [0.2, 0.25) is 0 Å². The Kier molecular flexibility index (Phi) is 20.6. The minimum atomic E-state index is -1.65. The minimum Gasteiger partial charge on any atom is -0.456 e. The fourth-order valence-electron chi connectivity index (χ4n) is 21.1. The molecule has 0 radical (unpaired) electrons. The van der Waals surface area contributed by atoms with Gasteiger partial charge in [0.05, 0.1) is 73.1 Å². The van der Waals surface area contributed by atoms with Gasteiger partial charge in [0.15, 0.2) is 18.5 Å². The van der Waals surface area contributed by atoms with E-state index in [-0.39, 0.29) is 88.5 Å². The zero-order valence-corrected chi connectivity index (χ0v) is 60.6. The van der Waals surface area contributed by atoms with E-state index in [1.165, 1.54) is 0 Å². The van der Waals surface area contributed by atoms with E-state index in [9.17, 15) is 49.8 Å². The molecule has 2 amide bonds. The molecule has 20 heteroatoms. The molecule has 3 saturated heterocycles. The molecule has 8 N–H and O–H groups in total. The first-order valence-electron chi connectivity index (χ1n) is 34.6. The van der Waals surface area contributed by atoms with Crippen LogP contribution in [0.15, 0.2) is 34.9 Å². The third kappa shape index (κ3) is 12.6. The molecule has 4 unspecified atom stereocenters. The lowest BCUT2D eigenvalue weighted by Gasteiger charge is -2.68. The Hall–Kier alpha value is -3.70. The van der Waals surface area contributed by atoms with Gasteiger partial charge >= 0.3 is 24.1 Å². The summed E-state index contributed by atoms with van der Waals surface area (Å²) in [5.74, 6) is -2.67. The standard InChI is InChI=1S/C38H61NO9.C35H59NO9/c1-14-27-46-26-16-25-36(12,18-44-25)30-22(6)38(35(10,11)43)17-24(20(4)28(38)21(5)31(47-27)37(26,30)13)45-32(41)29(40)23(15-19(2)3)39-33(42)48-34(7,8)9;1-17(2)13-21(36-30(41)45-31(6,7)8)26(38)29(40)44-22-15-35(32(9,10)42)20(5)27-33(11)16-43-24(33)14-23(37)34(27,12)28(39)19(4)25(35)18(22)3/h14,19,21-27,29-31,40,43H,1,15-18H2,2-13H3,(H,39,42);17,19-24,26-28,37-39,42H,13-16H2,1-12H3,(H,36,41)/t21-,22-,23-,24?,25+,26-,27?,29?,30+,31-,36+,37+,38+;19-,20-,21-,22-,23-,24+,26?,27+,28-,33+,34+,35+/m00/s1. The molecule has 7 fully saturated rings. The van der Waals surface area contributed by atoms with Crippen molar-refractivity contribution in [3.05, 3.63) is 34.9 Å². The Balaban J connectivity index is 0.000000240. The van der Waals surface area contributed by atoms with Crippen LogP contribution in [0.25, 0.3) is 0 Å². The number of fused-ring (bicyclic) bond motifs is 7. The van der Waals surface area contributed by atoms with Crippen LogP contribution in [0, 0.1) is 79.8 Å². The molecule has 6 aliphatic carbocycles. The largest absolute Gasteiger partial charge is 0.456 e. The lowest BCUT2D eigenvalue weighted by atomic mass is 9.44. The van der Waals surface area contributed by atoms with E-state index in [1.807, 2.05) is 69.2 Å². The van der Waals surface area contributed by atoms with Gasteiger partial charge in [-0.05, 0) is 149 Å². The molecule has 0 aromatic rings. The van der Waals surface area contributed by atoms with Crippen LogP contribution in [-0.2, 0) is 47.5 Å². The molecular formula is C73H120N2O18. The summed E-state index contributed by atoms with van der Waals surface area (Å²) in [7, 11) is 0. The fraction of sp³-hybridized carbons (Fsp3) is 0.863. The van der Waals surface area contributed by atoms with Crippen molar-refractivity contribution in [3.63, 3.8) is 0 Å². The summed E-state index contributed by atoms with van der Waals surface area (Å²) in [6.07, 6.45) is -4.78. The summed E-state index contributed by atoms with van der Waals surface area (Å²) in [4.78, 5) is 52.7. The number of nitrogens with one attached hydrogen (secondary N) is 2. The van der Waals surface area contributed by atoms with Gasteiger partial charge < -0.3 is 79.2 Å². The first kappa shape index (κ1) is 75.1. The van der Waals surface area contributed by atoms with E-state index in [0.717, 1.165) is 28.7 Å². The smallest absolute Gasteiger partial charge is 0.407 e. The average molecular weight is 1310 g/mol. The van der Waals surface area contributed by atoms with Gasteiger partial charge in [-0.1, -0.05) is 101 Å². The highest BCUT2D eigenvalue weighted by atomic mass is 16.7. The molecular weight excluding hydrogens is 1190 g/mol. The van der Waals surface area contributed by atoms with Crippen molar-refractivity contribution in [3.8, 4) is 0 Å². The normalized spacial score (nSPS) is 41.6. The molecule has 0 aromatic carbocycles. The Bertz CT molecular complexity index is 2880. The Labute approximate surface area is 554 Å². The second kappa shape index (κ2) is 25.5. The molecule has 9 aliphatic rings. The molecule has 25 atom stereocenters. The number of aliphatic hydroxyl groups is 6. The van der Waals surface area contributed by atoms with Crippen molar-refractivity contribution in [2.24, 2.45) is 79.8 Å². The number of ether oxygens (including phenoxy) is 8. The highest BCUT2D eigenvalue weighted by Gasteiger charge is 2.77. The summed E-state index contributed by atoms with van der Waals surface area (Å²) in [5.41, 5.74) is -3.93. The number of hydrogen-bond donors (Lipinski definition) is 8. The Morgan fingerprint density at radius 1 is 0.613 bits per heavy atom.